The largest absolute Gasteiger partial charge is 0.368 e. The number of fused-ring (bicyclic) bond motifs is 1. The van der Waals surface area contributed by atoms with Gasteiger partial charge in [-0.3, -0.25) is 0 Å². The minimum absolute atomic E-state index is 0.167. The molecule has 0 amide bonds. The smallest absolute Gasteiger partial charge is 0.166 e. The highest BCUT2D eigenvalue weighted by atomic mass is 32.2. The minimum Gasteiger partial charge on any atom is -0.368 e. The van der Waals surface area contributed by atoms with Crippen LogP contribution in [-0.2, 0) is 23.4 Å². The van der Waals surface area contributed by atoms with Gasteiger partial charge < -0.3 is 15.0 Å². The lowest BCUT2D eigenvalue weighted by molar-refractivity contribution is 0.199. The molecule has 0 saturated heterocycles. The van der Waals surface area contributed by atoms with E-state index in [0.717, 1.165) is 11.6 Å². The van der Waals surface area contributed by atoms with Crippen LogP contribution in [0.5, 0.6) is 0 Å². The summed E-state index contributed by atoms with van der Waals surface area (Å²) in [4.78, 5) is 0.218. The quantitative estimate of drug-likeness (QED) is 0.425. The molecular weight excluding hydrogens is 448 g/mol. The van der Waals surface area contributed by atoms with Crippen LogP contribution in [0.15, 0.2) is 59.6 Å². The van der Waals surface area contributed by atoms with Crippen LogP contribution >= 0.6 is 0 Å². The number of nitrogens with one attached hydrogen (secondary N) is 3. The van der Waals surface area contributed by atoms with Gasteiger partial charge in [-0.25, -0.2) is 22.5 Å². The second kappa shape index (κ2) is 8.78. The highest BCUT2D eigenvalue weighted by molar-refractivity contribution is 7.90. The van der Waals surface area contributed by atoms with Crippen molar-refractivity contribution in [1.82, 2.24) is 9.29 Å². The molecule has 0 spiro atoms. The van der Waals surface area contributed by atoms with E-state index in [1.165, 1.54) is 30.5 Å². The molecule has 1 aliphatic rings. The van der Waals surface area contributed by atoms with Gasteiger partial charge in [0.1, 0.15) is 27.6 Å². The first-order valence-electron chi connectivity index (χ1n) is 10.00. The summed E-state index contributed by atoms with van der Waals surface area (Å²) in [5, 5.41) is 22.7. The predicted molar refractivity (Wildman–Crippen MR) is 120 cm³/mol. The van der Waals surface area contributed by atoms with Gasteiger partial charge in [0, 0.05) is 30.5 Å². The number of aryl methyl sites for hydroxylation is 1. The van der Waals surface area contributed by atoms with Crippen molar-refractivity contribution in [2.45, 2.75) is 23.6 Å². The first-order chi connectivity index (χ1) is 15.7. The molecule has 2 unspecified atom stereocenters. The number of aromatic nitrogens is 1. The molecule has 1 aliphatic heterocycles. The molecule has 0 aliphatic carbocycles. The average Bonchev–Trinajstić information content (AvgIpc) is 3.06. The molecule has 4 N–H and O–H groups in total. The van der Waals surface area contributed by atoms with Crippen LogP contribution in [0.1, 0.15) is 28.6 Å². The van der Waals surface area contributed by atoms with Crippen LogP contribution < -0.4 is 10.0 Å². The molecule has 4 rings (SSSR count). The lowest BCUT2D eigenvalue weighted by atomic mass is 10.0. The second-order valence-corrected chi connectivity index (χ2v) is 9.51. The Morgan fingerprint density at radius 2 is 2.03 bits per heavy atom. The number of rotatable bonds is 5. The van der Waals surface area contributed by atoms with Crippen LogP contribution in [0, 0.1) is 27.7 Å². The van der Waals surface area contributed by atoms with Gasteiger partial charge >= 0.3 is 0 Å². The summed E-state index contributed by atoms with van der Waals surface area (Å²) in [6.45, 7) is 0. The van der Waals surface area contributed by atoms with E-state index in [1.807, 2.05) is 0 Å². The van der Waals surface area contributed by atoms with Gasteiger partial charge in [-0.1, -0.05) is 24.3 Å². The third kappa shape index (κ3) is 4.66. The first-order valence-corrected chi connectivity index (χ1v) is 11.6. The number of aliphatic hydroxyl groups excluding tert-OH is 1. The van der Waals surface area contributed by atoms with Crippen molar-refractivity contribution in [3.8, 4) is 6.07 Å². The number of benzene rings is 2. The summed E-state index contributed by atoms with van der Waals surface area (Å²) in [6.07, 6.45) is 4.08. The zero-order valence-corrected chi connectivity index (χ0v) is 18.4. The third-order valence-electron chi connectivity index (χ3n) is 5.37. The maximum atomic E-state index is 13.6. The molecule has 2 aromatic carbocycles. The summed E-state index contributed by atoms with van der Waals surface area (Å²) < 4.78 is 52.9. The molecule has 2 heterocycles. The Bertz CT molecular complexity index is 1380. The van der Waals surface area contributed by atoms with E-state index in [9.17, 15) is 18.1 Å². The topological polar surface area (TPSA) is 114 Å². The van der Waals surface area contributed by atoms with E-state index in [1.54, 1.807) is 42.0 Å². The fraction of sp³-hybridized carbons (Fsp3) is 0.174. The number of halogens is 2. The van der Waals surface area contributed by atoms with E-state index < -0.39 is 28.0 Å². The standard InChI is InChI=1S/C23H21F2N5O2S/c1-30-13-21-19(22(30)23(31)28-17-7-9-20(25)15(11-17)12-26)8-6-18(29-33(21,27)32)10-14-2-4-16(24)5-3-14/h2-9,11,13,18,23,28,31H,10H2,1H3,(H2,27,29,32)/t18-,23?,33?/m1/s1. The lowest BCUT2D eigenvalue weighted by Crippen LogP contribution is -2.33. The van der Waals surface area contributed by atoms with Gasteiger partial charge in [-0.2, -0.15) is 5.26 Å². The van der Waals surface area contributed by atoms with Crippen molar-refractivity contribution < 1.29 is 18.1 Å². The third-order valence-corrected chi connectivity index (χ3v) is 6.95. The normalized spacial score (nSPS) is 20.5. The van der Waals surface area contributed by atoms with Gasteiger partial charge in [0.2, 0.25) is 0 Å². The molecule has 33 heavy (non-hydrogen) atoms. The predicted octanol–water partition coefficient (Wildman–Crippen LogP) is 3.83. The maximum Gasteiger partial charge on any atom is 0.166 e. The zero-order valence-electron chi connectivity index (χ0n) is 17.5. The molecule has 0 bridgehead atoms. The molecule has 7 nitrogen and oxygen atoms in total. The minimum atomic E-state index is -3.42. The van der Waals surface area contributed by atoms with E-state index in [2.05, 4.69) is 10.0 Å². The van der Waals surface area contributed by atoms with Crippen molar-refractivity contribution in [2.75, 3.05) is 5.32 Å². The second-order valence-electron chi connectivity index (χ2n) is 7.73. The summed E-state index contributed by atoms with van der Waals surface area (Å²) in [7, 11) is -1.77. The Morgan fingerprint density at radius 3 is 2.73 bits per heavy atom. The Hall–Kier alpha value is -3.52. The van der Waals surface area contributed by atoms with Crippen LogP contribution in [0.4, 0.5) is 14.5 Å². The van der Waals surface area contributed by atoms with Crippen LogP contribution in [0.3, 0.4) is 0 Å². The van der Waals surface area contributed by atoms with Gasteiger partial charge in [0.05, 0.1) is 16.2 Å². The number of hydrogen-bond donors (Lipinski definition) is 4. The van der Waals surface area contributed by atoms with Gasteiger partial charge in [-0.15, -0.1) is 0 Å². The van der Waals surface area contributed by atoms with Crippen molar-refractivity contribution in [3.05, 3.63) is 88.8 Å². The molecule has 3 aromatic rings. The fourth-order valence-corrected chi connectivity index (χ4v) is 5.31. The first kappa shape index (κ1) is 22.7. The SMILES string of the molecule is Cn1cc2c(c1C(O)Nc1ccc(F)c(C#N)c1)C=C[C@H](Cc1ccc(F)cc1)NS2(=N)=O. The van der Waals surface area contributed by atoms with E-state index in [0.29, 0.717) is 23.4 Å². The molecule has 170 valence electrons. The van der Waals surface area contributed by atoms with Crippen molar-refractivity contribution in [3.63, 3.8) is 0 Å². The summed E-state index contributed by atoms with van der Waals surface area (Å²) in [5.74, 6) is -1.02. The lowest BCUT2D eigenvalue weighted by Gasteiger charge is -2.17. The monoisotopic (exact) mass is 469 g/mol. The van der Waals surface area contributed by atoms with Gasteiger partial charge in [0.15, 0.2) is 6.23 Å². The zero-order chi connectivity index (χ0) is 23.8. The van der Waals surface area contributed by atoms with Crippen molar-refractivity contribution >= 4 is 21.7 Å². The number of hydrogen-bond acceptors (Lipinski definition) is 5. The summed E-state index contributed by atoms with van der Waals surface area (Å²) >= 11 is 0. The average molecular weight is 470 g/mol. The Labute approximate surface area is 190 Å². The highest BCUT2D eigenvalue weighted by Gasteiger charge is 2.28. The molecule has 10 heteroatoms. The van der Waals surface area contributed by atoms with Crippen LogP contribution in [-0.4, -0.2) is 19.9 Å². The van der Waals surface area contributed by atoms with E-state index in [4.69, 9.17) is 10.0 Å². The van der Waals surface area contributed by atoms with Crippen LogP contribution in [0.25, 0.3) is 6.08 Å². The number of nitrogens with zero attached hydrogens (tertiary/aromatic N) is 2. The van der Waals surface area contributed by atoms with Crippen molar-refractivity contribution in [2.24, 2.45) is 7.05 Å². The molecule has 0 fully saturated rings. The molecule has 0 saturated carbocycles. The Kier molecular flexibility index (Phi) is 6.03. The summed E-state index contributed by atoms with van der Waals surface area (Å²) in [5.41, 5.74) is 1.75. The van der Waals surface area contributed by atoms with Crippen molar-refractivity contribution in [1.29, 1.82) is 10.0 Å². The molecule has 0 radical (unpaired) electrons. The molecular formula is C23H21F2N5O2S. The molecule has 3 atom stereocenters. The number of anilines is 1. The van der Waals surface area contributed by atoms with E-state index >= 15 is 0 Å². The Morgan fingerprint density at radius 1 is 1.30 bits per heavy atom. The Balaban J connectivity index is 1.65. The fourth-order valence-electron chi connectivity index (χ4n) is 3.81. The number of nitriles is 1. The number of aliphatic hydroxyl groups is 1. The summed E-state index contributed by atoms with van der Waals surface area (Å²) in [6, 6.07) is 11.0. The van der Waals surface area contributed by atoms with E-state index in [-0.39, 0.29) is 16.3 Å². The highest BCUT2D eigenvalue weighted by Crippen LogP contribution is 2.31. The van der Waals surface area contributed by atoms with Gasteiger partial charge in [0.25, 0.3) is 0 Å². The molecule has 1 aromatic heterocycles. The van der Waals surface area contributed by atoms with Gasteiger partial charge in [-0.05, 0) is 42.3 Å². The maximum absolute atomic E-state index is 13.6. The van der Waals surface area contributed by atoms with Crippen LogP contribution in [0.2, 0.25) is 0 Å².